The number of ether oxygens (including phenoxy) is 1. The zero-order chi connectivity index (χ0) is 15.1. The van der Waals surface area contributed by atoms with Crippen molar-refractivity contribution in [3.8, 4) is 0 Å². The van der Waals surface area contributed by atoms with Crippen LogP contribution in [0.1, 0.15) is 18.4 Å². The third kappa shape index (κ3) is 4.31. The van der Waals surface area contributed by atoms with E-state index in [4.69, 9.17) is 4.74 Å². The van der Waals surface area contributed by atoms with Gasteiger partial charge in [0.2, 0.25) is 0 Å². The molecular formula is C17H19NO3. The molecule has 0 fully saturated rings. The Bertz CT molecular complexity index is 536. The van der Waals surface area contributed by atoms with Gasteiger partial charge < -0.3 is 9.64 Å². The Balaban J connectivity index is 1.94. The Morgan fingerprint density at radius 1 is 1.33 bits per heavy atom. The van der Waals surface area contributed by atoms with Crippen LogP contribution in [-0.4, -0.2) is 29.4 Å². The van der Waals surface area contributed by atoms with Gasteiger partial charge in [-0.05, 0) is 18.1 Å². The first-order chi connectivity index (χ1) is 10.2. The minimum atomic E-state index is -0.384. The van der Waals surface area contributed by atoms with Gasteiger partial charge in [-0.25, -0.2) is 4.79 Å². The van der Waals surface area contributed by atoms with E-state index in [9.17, 15) is 9.59 Å². The highest BCUT2D eigenvalue weighted by Gasteiger charge is 2.26. The molecule has 0 saturated heterocycles. The van der Waals surface area contributed by atoms with Crippen LogP contribution in [0.4, 0.5) is 4.79 Å². The van der Waals surface area contributed by atoms with Crippen molar-refractivity contribution in [3.05, 3.63) is 60.7 Å². The molecule has 1 atom stereocenters. The molecule has 4 heteroatoms. The lowest BCUT2D eigenvalue weighted by molar-refractivity contribution is -0.115. The monoisotopic (exact) mass is 285 g/mol. The third-order valence-corrected chi connectivity index (χ3v) is 3.37. The van der Waals surface area contributed by atoms with Crippen LogP contribution in [0, 0.1) is 0 Å². The first-order valence-electron chi connectivity index (χ1n) is 7.00. The molecule has 1 aliphatic rings. The van der Waals surface area contributed by atoms with E-state index in [-0.39, 0.29) is 30.9 Å². The number of allylic oxidation sites excluding steroid dienone is 1. The van der Waals surface area contributed by atoms with Gasteiger partial charge in [0.1, 0.15) is 6.61 Å². The summed E-state index contributed by atoms with van der Waals surface area (Å²) in [6, 6.07) is 9.28. The topological polar surface area (TPSA) is 46.6 Å². The van der Waals surface area contributed by atoms with E-state index in [1.807, 2.05) is 42.5 Å². The van der Waals surface area contributed by atoms with E-state index in [1.165, 1.54) is 6.08 Å². The zero-order valence-electron chi connectivity index (χ0n) is 11.9. The van der Waals surface area contributed by atoms with Gasteiger partial charge in [0, 0.05) is 13.0 Å². The van der Waals surface area contributed by atoms with Gasteiger partial charge in [0.15, 0.2) is 5.78 Å². The molecule has 0 bridgehead atoms. The van der Waals surface area contributed by atoms with E-state index in [1.54, 1.807) is 4.90 Å². The molecule has 0 N–H and O–H groups in total. The number of ketones is 1. The predicted molar refractivity (Wildman–Crippen MR) is 80.7 cm³/mol. The molecule has 0 spiro atoms. The minimum Gasteiger partial charge on any atom is -0.445 e. The number of amides is 1. The van der Waals surface area contributed by atoms with Crippen LogP contribution in [-0.2, 0) is 16.1 Å². The quantitative estimate of drug-likeness (QED) is 0.617. The third-order valence-electron chi connectivity index (χ3n) is 3.37. The lowest BCUT2D eigenvalue weighted by Crippen LogP contribution is -2.42. The van der Waals surface area contributed by atoms with Crippen molar-refractivity contribution in [1.82, 2.24) is 4.90 Å². The summed E-state index contributed by atoms with van der Waals surface area (Å²) in [6.45, 7) is 4.27. The van der Waals surface area contributed by atoms with Crippen molar-refractivity contribution in [2.45, 2.75) is 25.5 Å². The SMILES string of the molecule is C=CC(=O)C[C@H]1C=CCCN1C(=O)OCc1ccccc1. The van der Waals surface area contributed by atoms with Gasteiger partial charge in [-0.1, -0.05) is 49.1 Å². The number of rotatable bonds is 5. The maximum absolute atomic E-state index is 12.2. The maximum atomic E-state index is 12.2. The Morgan fingerprint density at radius 3 is 2.81 bits per heavy atom. The van der Waals surface area contributed by atoms with Gasteiger partial charge in [0.05, 0.1) is 6.04 Å². The Morgan fingerprint density at radius 2 is 2.10 bits per heavy atom. The summed E-state index contributed by atoms with van der Waals surface area (Å²) in [5.74, 6) is -0.0765. The normalized spacial score (nSPS) is 17.3. The van der Waals surface area contributed by atoms with Crippen molar-refractivity contribution in [2.75, 3.05) is 6.54 Å². The second-order valence-electron chi connectivity index (χ2n) is 4.89. The van der Waals surface area contributed by atoms with Crippen LogP contribution in [0.25, 0.3) is 0 Å². The highest BCUT2D eigenvalue weighted by molar-refractivity contribution is 5.90. The lowest BCUT2D eigenvalue weighted by atomic mass is 10.0. The first kappa shape index (κ1) is 15.0. The highest BCUT2D eigenvalue weighted by atomic mass is 16.6. The van der Waals surface area contributed by atoms with Gasteiger partial charge in [-0.3, -0.25) is 4.79 Å². The summed E-state index contributed by atoms with van der Waals surface area (Å²) in [7, 11) is 0. The molecule has 2 rings (SSSR count). The largest absolute Gasteiger partial charge is 0.445 e. The summed E-state index contributed by atoms with van der Waals surface area (Å²) in [6.07, 6.45) is 5.80. The molecular weight excluding hydrogens is 266 g/mol. The van der Waals surface area contributed by atoms with Crippen molar-refractivity contribution in [2.24, 2.45) is 0 Å². The molecule has 110 valence electrons. The Hall–Kier alpha value is -2.36. The van der Waals surface area contributed by atoms with Crippen LogP contribution in [0.5, 0.6) is 0 Å². The number of benzene rings is 1. The highest BCUT2D eigenvalue weighted by Crippen LogP contribution is 2.16. The van der Waals surface area contributed by atoms with E-state index < -0.39 is 0 Å². The van der Waals surface area contributed by atoms with Crippen molar-refractivity contribution in [1.29, 1.82) is 0 Å². The van der Waals surface area contributed by atoms with Crippen molar-refractivity contribution >= 4 is 11.9 Å². The molecule has 1 aromatic rings. The van der Waals surface area contributed by atoms with Gasteiger partial charge in [0.25, 0.3) is 0 Å². The number of hydrogen-bond acceptors (Lipinski definition) is 3. The smallest absolute Gasteiger partial charge is 0.410 e. The number of carbonyl (C=O) groups is 2. The number of carbonyl (C=O) groups excluding carboxylic acids is 2. The van der Waals surface area contributed by atoms with Crippen LogP contribution >= 0.6 is 0 Å². The van der Waals surface area contributed by atoms with Crippen molar-refractivity contribution < 1.29 is 14.3 Å². The molecule has 0 aliphatic carbocycles. The predicted octanol–water partition coefficient (Wildman–Crippen LogP) is 3.10. The fourth-order valence-electron chi connectivity index (χ4n) is 2.23. The van der Waals surface area contributed by atoms with Crippen molar-refractivity contribution in [3.63, 3.8) is 0 Å². The summed E-state index contributed by atoms with van der Waals surface area (Å²) in [5.41, 5.74) is 0.942. The van der Waals surface area contributed by atoms with E-state index in [2.05, 4.69) is 6.58 Å². The standard InChI is InChI=1S/C17H19NO3/c1-2-16(19)12-15-10-6-7-11-18(15)17(20)21-13-14-8-4-3-5-9-14/h2-6,8-10,15H,1,7,11-13H2/t15-/m1/s1. The molecule has 21 heavy (non-hydrogen) atoms. The average molecular weight is 285 g/mol. The van der Waals surface area contributed by atoms with Crippen LogP contribution in [0.15, 0.2) is 55.1 Å². The second kappa shape index (κ2) is 7.43. The fourth-order valence-corrected chi connectivity index (χ4v) is 2.23. The molecule has 0 saturated carbocycles. The minimum absolute atomic E-state index is 0.0765. The van der Waals surface area contributed by atoms with E-state index in [0.29, 0.717) is 6.54 Å². The van der Waals surface area contributed by atoms with Gasteiger partial charge >= 0.3 is 6.09 Å². The Kier molecular flexibility index (Phi) is 5.32. The first-order valence-corrected chi connectivity index (χ1v) is 7.00. The molecule has 1 amide bonds. The van der Waals surface area contributed by atoms with Gasteiger partial charge in [-0.15, -0.1) is 0 Å². The van der Waals surface area contributed by atoms with Crippen LogP contribution < -0.4 is 0 Å². The molecule has 1 heterocycles. The number of hydrogen-bond donors (Lipinski definition) is 0. The number of nitrogens with zero attached hydrogens (tertiary/aromatic N) is 1. The molecule has 4 nitrogen and oxygen atoms in total. The molecule has 0 unspecified atom stereocenters. The van der Waals surface area contributed by atoms with E-state index in [0.717, 1.165) is 12.0 Å². The summed E-state index contributed by atoms with van der Waals surface area (Å²) in [5, 5.41) is 0. The maximum Gasteiger partial charge on any atom is 0.410 e. The summed E-state index contributed by atoms with van der Waals surface area (Å²) in [4.78, 5) is 25.3. The molecule has 0 radical (unpaired) electrons. The van der Waals surface area contributed by atoms with Crippen LogP contribution in [0.2, 0.25) is 0 Å². The fraction of sp³-hybridized carbons (Fsp3) is 0.294. The summed E-state index contributed by atoms with van der Waals surface area (Å²) >= 11 is 0. The molecule has 1 aromatic carbocycles. The molecule has 1 aliphatic heterocycles. The lowest BCUT2D eigenvalue weighted by Gasteiger charge is -2.31. The average Bonchev–Trinajstić information content (AvgIpc) is 2.54. The summed E-state index contributed by atoms with van der Waals surface area (Å²) < 4.78 is 5.33. The zero-order valence-corrected chi connectivity index (χ0v) is 11.9. The van der Waals surface area contributed by atoms with Crippen LogP contribution in [0.3, 0.4) is 0 Å². The second-order valence-corrected chi connectivity index (χ2v) is 4.89. The van der Waals surface area contributed by atoms with Gasteiger partial charge in [-0.2, -0.15) is 0 Å². The van der Waals surface area contributed by atoms with E-state index >= 15 is 0 Å². The Labute approximate surface area is 124 Å². The molecule has 0 aromatic heterocycles.